The maximum absolute atomic E-state index is 12.2. The van der Waals surface area contributed by atoms with Crippen LogP contribution in [0.25, 0.3) is 0 Å². The molecule has 122 valence electrons. The number of anilines is 1. The normalized spacial score (nSPS) is 15.8. The minimum atomic E-state index is -0.824. The van der Waals surface area contributed by atoms with Gasteiger partial charge in [-0.05, 0) is 70.2 Å². The van der Waals surface area contributed by atoms with E-state index in [0.717, 1.165) is 30.7 Å². The van der Waals surface area contributed by atoms with E-state index in [1.807, 2.05) is 31.2 Å². The highest BCUT2D eigenvalue weighted by atomic mass is 16.5. The molecule has 1 aliphatic rings. The first kappa shape index (κ1) is 16.8. The maximum atomic E-state index is 12.2. The molecule has 4 heteroatoms. The fourth-order valence-electron chi connectivity index (χ4n) is 2.52. The predicted octanol–water partition coefficient (Wildman–Crippen LogP) is 4.15. The van der Waals surface area contributed by atoms with Crippen LogP contribution in [0.3, 0.4) is 0 Å². The number of rotatable bonds is 7. The second-order valence-electron chi connectivity index (χ2n) is 6.36. The summed E-state index contributed by atoms with van der Waals surface area (Å²) in [5, 5.41) is 2.89. The largest absolute Gasteiger partial charge is 0.490 e. The van der Waals surface area contributed by atoms with Crippen molar-refractivity contribution in [2.75, 3.05) is 11.9 Å². The maximum Gasteiger partial charge on any atom is 0.256 e. The molecule has 0 heterocycles. The van der Waals surface area contributed by atoms with Gasteiger partial charge in [-0.1, -0.05) is 6.92 Å². The van der Waals surface area contributed by atoms with Gasteiger partial charge in [0, 0.05) is 12.3 Å². The molecule has 22 heavy (non-hydrogen) atoms. The Kier molecular flexibility index (Phi) is 5.83. The van der Waals surface area contributed by atoms with Crippen LogP contribution in [0.5, 0.6) is 5.75 Å². The molecule has 1 aromatic carbocycles. The van der Waals surface area contributed by atoms with Crippen LogP contribution >= 0.6 is 0 Å². The minimum Gasteiger partial charge on any atom is -0.490 e. The van der Waals surface area contributed by atoms with Crippen molar-refractivity contribution >= 4 is 11.6 Å². The molecule has 0 unspecified atom stereocenters. The number of carbonyl (C=O) groups excluding carboxylic acids is 1. The second kappa shape index (κ2) is 7.63. The van der Waals surface area contributed by atoms with Gasteiger partial charge >= 0.3 is 0 Å². The molecule has 0 aromatic heterocycles. The zero-order valence-corrected chi connectivity index (χ0v) is 13.9. The Morgan fingerprint density at radius 1 is 1.23 bits per heavy atom. The van der Waals surface area contributed by atoms with Gasteiger partial charge in [0.2, 0.25) is 0 Å². The molecule has 0 atom stereocenters. The van der Waals surface area contributed by atoms with E-state index in [-0.39, 0.29) is 5.91 Å². The minimum absolute atomic E-state index is 0.134. The van der Waals surface area contributed by atoms with Crippen LogP contribution in [0.15, 0.2) is 24.3 Å². The predicted molar refractivity (Wildman–Crippen MR) is 88.3 cm³/mol. The number of hydrogen-bond donors (Lipinski definition) is 1. The number of ether oxygens (including phenoxy) is 2. The lowest BCUT2D eigenvalue weighted by Crippen LogP contribution is -2.40. The third-order valence-electron chi connectivity index (χ3n) is 3.93. The van der Waals surface area contributed by atoms with Crippen LogP contribution in [0.2, 0.25) is 0 Å². The van der Waals surface area contributed by atoms with Crippen molar-refractivity contribution in [1.29, 1.82) is 0 Å². The van der Waals surface area contributed by atoms with Gasteiger partial charge in [0.15, 0.2) is 0 Å². The number of amides is 1. The van der Waals surface area contributed by atoms with E-state index in [1.165, 1.54) is 12.8 Å². The van der Waals surface area contributed by atoms with Crippen molar-refractivity contribution in [3.63, 3.8) is 0 Å². The van der Waals surface area contributed by atoms with Crippen LogP contribution in [0.1, 0.15) is 52.9 Å². The molecule has 1 aromatic rings. The summed E-state index contributed by atoms with van der Waals surface area (Å²) in [6, 6.07) is 7.57. The summed E-state index contributed by atoms with van der Waals surface area (Å²) in [7, 11) is 0. The molecule has 1 N–H and O–H groups in total. The average molecular weight is 305 g/mol. The molecule has 1 amide bonds. The lowest BCUT2D eigenvalue weighted by molar-refractivity contribution is -0.137. The van der Waals surface area contributed by atoms with Crippen LogP contribution in [0, 0.1) is 0 Å². The molecule has 0 spiro atoms. The molecular formula is C18H27NO3. The summed E-state index contributed by atoms with van der Waals surface area (Å²) < 4.78 is 11.5. The average Bonchev–Trinajstić information content (AvgIpc) is 3.00. The topological polar surface area (TPSA) is 47.6 Å². The Morgan fingerprint density at radius 3 is 2.45 bits per heavy atom. The Bertz CT molecular complexity index is 476. The number of benzene rings is 1. The molecular weight excluding hydrogens is 278 g/mol. The fraction of sp³-hybridized carbons (Fsp3) is 0.611. The van der Waals surface area contributed by atoms with Crippen molar-refractivity contribution in [2.24, 2.45) is 0 Å². The summed E-state index contributed by atoms with van der Waals surface area (Å²) >= 11 is 0. The van der Waals surface area contributed by atoms with Crippen LogP contribution < -0.4 is 10.1 Å². The molecule has 0 aliphatic heterocycles. The zero-order chi connectivity index (χ0) is 16.0. The smallest absolute Gasteiger partial charge is 0.256 e. The highest BCUT2D eigenvalue weighted by molar-refractivity contribution is 5.96. The summed E-state index contributed by atoms with van der Waals surface area (Å²) in [5.41, 5.74) is -0.0633. The zero-order valence-electron chi connectivity index (χ0n) is 13.9. The monoisotopic (exact) mass is 305 g/mol. The summed E-state index contributed by atoms with van der Waals surface area (Å²) in [6.45, 7) is 6.18. The Hall–Kier alpha value is -1.55. The first-order chi connectivity index (χ1) is 10.5. The van der Waals surface area contributed by atoms with E-state index in [2.05, 4.69) is 5.32 Å². The van der Waals surface area contributed by atoms with Crippen molar-refractivity contribution < 1.29 is 14.3 Å². The van der Waals surface area contributed by atoms with E-state index < -0.39 is 5.60 Å². The highest BCUT2D eigenvalue weighted by Crippen LogP contribution is 2.25. The second-order valence-corrected chi connectivity index (χ2v) is 6.36. The van der Waals surface area contributed by atoms with Gasteiger partial charge in [-0.2, -0.15) is 0 Å². The summed E-state index contributed by atoms with van der Waals surface area (Å²) in [5.74, 6) is 0.733. The Labute approximate surface area is 133 Å². The summed E-state index contributed by atoms with van der Waals surface area (Å²) in [4.78, 5) is 12.2. The van der Waals surface area contributed by atoms with E-state index >= 15 is 0 Å². The third kappa shape index (κ3) is 4.73. The van der Waals surface area contributed by atoms with E-state index in [9.17, 15) is 4.79 Å². The molecule has 4 nitrogen and oxygen atoms in total. The van der Waals surface area contributed by atoms with Gasteiger partial charge in [-0.15, -0.1) is 0 Å². The molecule has 0 bridgehead atoms. The molecule has 0 saturated heterocycles. The first-order valence-electron chi connectivity index (χ1n) is 8.23. The number of carbonyl (C=O) groups is 1. The lowest BCUT2D eigenvalue weighted by atomic mass is 10.1. The van der Waals surface area contributed by atoms with Gasteiger partial charge in [-0.25, -0.2) is 0 Å². The van der Waals surface area contributed by atoms with Gasteiger partial charge in [0.25, 0.3) is 5.91 Å². The third-order valence-corrected chi connectivity index (χ3v) is 3.93. The van der Waals surface area contributed by atoms with Crippen LogP contribution in [0.4, 0.5) is 5.69 Å². The molecule has 0 radical (unpaired) electrons. The standard InChI is InChI=1S/C18H27NO3/c1-4-13-21-18(2,3)17(20)19-14-9-11-16(12-10-14)22-15-7-5-6-8-15/h9-12,15H,4-8,13H2,1-3H3,(H,19,20). The van der Waals surface area contributed by atoms with Crippen molar-refractivity contribution in [3.05, 3.63) is 24.3 Å². The molecule has 1 aliphatic carbocycles. The van der Waals surface area contributed by atoms with Crippen LogP contribution in [-0.2, 0) is 9.53 Å². The Balaban J connectivity index is 1.88. The quantitative estimate of drug-likeness (QED) is 0.823. The molecule has 1 fully saturated rings. The first-order valence-corrected chi connectivity index (χ1v) is 8.23. The van der Waals surface area contributed by atoms with Crippen molar-refractivity contribution in [2.45, 2.75) is 64.6 Å². The summed E-state index contributed by atoms with van der Waals surface area (Å²) in [6.07, 6.45) is 6.03. The molecule has 1 saturated carbocycles. The SMILES string of the molecule is CCCOC(C)(C)C(=O)Nc1ccc(OC2CCCC2)cc1. The fourth-order valence-corrected chi connectivity index (χ4v) is 2.52. The Morgan fingerprint density at radius 2 is 1.86 bits per heavy atom. The van der Waals surface area contributed by atoms with Crippen molar-refractivity contribution in [3.8, 4) is 5.75 Å². The van der Waals surface area contributed by atoms with E-state index in [1.54, 1.807) is 13.8 Å². The van der Waals surface area contributed by atoms with E-state index in [4.69, 9.17) is 9.47 Å². The van der Waals surface area contributed by atoms with Gasteiger partial charge in [0.05, 0.1) is 6.10 Å². The van der Waals surface area contributed by atoms with E-state index in [0.29, 0.717) is 12.7 Å². The molecule has 2 rings (SSSR count). The number of nitrogens with one attached hydrogen (secondary N) is 1. The van der Waals surface area contributed by atoms with Crippen molar-refractivity contribution in [1.82, 2.24) is 0 Å². The van der Waals surface area contributed by atoms with Crippen LogP contribution in [-0.4, -0.2) is 24.2 Å². The van der Waals surface area contributed by atoms with Gasteiger partial charge in [-0.3, -0.25) is 4.79 Å². The lowest BCUT2D eigenvalue weighted by Gasteiger charge is -2.24. The van der Waals surface area contributed by atoms with Gasteiger partial charge in [0.1, 0.15) is 11.4 Å². The highest BCUT2D eigenvalue weighted by Gasteiger charge is 2.28. The number of hydrogen-bond acceptors (Lipinski definition) is 3. The van der Waals surface area contributed by atoms with Gasteiger partial charge < -0.3 is 14.8 Å².